The first-order valence-corrected chi connectivity index (χ1v) is 6.68. The minimum absolute atomic E-state index is 0.0600. The van der Waals surface area contributed by atoms with Gasteiger partial charge in [-0.3, -0.25) is 0 Å². The highest BCUT2D eigenvalue weighted by Crippen LogP contribution is 2.36. The molecule has 4 nitrogen and oxygen atoms in total. The minimum Gasteiger partial charge on any atom is -0.397 e. The van der Waals surface area contributed by atoms with Crippen molar-refractivity contribution in [2.45, 2.75) is 13.3 Å². The third-order valence-electron chi connectivity index (χ3n) is 2.87. The average Bonchev–Trinajstić information content (AvgIpc) is 2.33. The average molecular weight is 289 g/mol. The molecular formula is C13H22ClFN4. The topological polar surface area (TPSA) is 58.5 Å². The second-order valence-electron chi connectivity index (χ2n) is 4.82. The zero-order chi connectivity index (χ0) is 14.6. The van der Waals surface area contributed by atoms with Crippen LogP contribution < -0.4 is 16.4 Å². The van der Waals surface area contributed by atoms with Crippen LogP contribution in [0.25, 0.3) is 0 Å². The van der Waals surface area contributed by atoms with Gasteiger partial charge in [-0.2, -0.15) is 0 Å². The molecule has 0 saturated heterocycles. The number of likely N-dealkylation sites (N-methyl/N-ethyl adjacent to an activating group) is 1. The molecule has 0 fully saturated rings. The molecule has 0 radical (unpaired) electrons. The SMILES string of the molecule is CCCN(CCN(C)C)c1c(N)cc(N)c(Cl)c1F. The molecule has 0 saturated carbocycles. The number of nitrogens with zero attached hydrogens (tertiary/aromatic N) is 2. The molecular weight excluding hydrogens is 267 g/mol. The Balaban J connectivity index is 3.11. The molecule has 0 unspecified atom stereocenters. The number of nitrogen functional groups attached to an aromatic ring is 2. The van der Waals surface area contributed by atoms with E-state index in [0.717, 1.165) is 19.5 Å². The Morgan fingerprint density at radius 2 is 1.79 bits per heavy atom. The number of benzene rings is 1. The van der Waals surface area contributed by atoms with Crippen LogP contribution >= 0.6 is 11.6 Å². The van der Waals surface area contributed by atoms with E-state index in [1.165, 1.54) is 6.07 Å². The Labute approximate surface area is 119 Å². The molecule has 19 heavy (non-hydrogen) atoms. The van der Waals surface area contributed by atoms with E-state index in [9.17, 15) is 4.39 Å². The number of hydrogen-bond donors (Lipinski definition) is 2. The van der Waals surface area contributed by atoms with Crippen molar-refractivity contribution in [3.63, 3.8) is 0 Å². The van der Waals surface area contributed by atoms with Crippen LogP contribution in [0, 0.1) is 5.82 Å². The highest BCUT2D eigenvalue weighted by Gasteiger charge is 2.19. The summed E-state index contributed by atoms with van der Waals surface area (Å²) in [5, 5.41) is -0.0600. The van der Waals surface area contributed by atoms with Crippen molar-refractivity contribution in [3.8, 4) is 0 Å². The number of nitrogens with two attached hydrogens (primary N) is 2. The fraction of sp³-hybridized carbons (Fsp3) is 0.538. The summed E-state index contributed by atoms with van der Waals surface area (Å²) < 4.78 is 14.3. The van der Waals surface area contributed by atoms with E-state index in [4.69, 9.17) is 23.1 Å². The molecule has 4 N–H and O–H groups in total. The molecule has 0 aliphatic rings. The highest BCUT2D eigenvalue weighted by molar-refractivity contribution is 6.33. The summed E-state index contributed by atoms with van der Waals surface area (Å²) in [5.41, 5.74) is 12.3. The van der Waals surface area contributed by atoms with Crippen molar-refractivity contribution in [2.75, 3.05) is 50.1 Å². The Morgan fingerprint density at radius 1 is 1.16 bits per heavy atom. The normalized spacial score (nSPS) is 11.1. The fourth-order valence-electron chi connectivity index (χ4n) is 1.90. The van der Waals surface area contributed by atoms with Crippen LogP contribution in [0.2, 0.25) is 5.02 Å². The third kappa shape index (κ3) is 3.88. The van der Waals surface area contributed by atoms with Crippen LogP contribution in [-0.4, -0.2) is 38.6 Å². The van der Waals surface area contributed by atoms with Crippen molar-refractivity contribution in [1.82, 2.24) is 4.90 Å². The number of rotatable bonds is 6. The second-order valence-corrected chi connectivity index (χ2v) is 5.20. The van der Waals surface area contributed by atoms with Crippen molar-refractivity contribution < 1.29 is 4.39 Å². The maximum atomic E-state index is 14.3. The third-order valence-corrected chi connectivity index (χ3v) is 3.25. The molecule has 0 aliphatic heterocycles. The van der Waals surface area contributed by atoms with Crippen LogP contribution in [0.1, 0.15) is 13.3 Å². The summed E-state index contributed by atoms with van der Waals surface area (Å²) in [5.74, 6) is -0.536. The summed E-state index contributed by atoms with van der Waals surface area (Å²) in [4.78, 5) is 3.95. The predicted octanol–water partition coefficient (Wildman–Crippen LogP) is 2.42. The van der Waals surface area contributed by atoms with E-state index in [0.29, 0.717) is 17.9 Å². The van der Waals surface area contributed by atoms with Crippen LogP contribution in [-0.2, 0) is 0 Å². The maximum Gasteiger partial charge on any atom is 0.169 e. The highest BCUT2D eigenvalue weighted by atomic mass is 35.5. The summed E-state index contributed by atoms with van der Waals surface area (Å²) in [6.07, 6.45) is 0.897. The van der Waals surface area contributed by atoms with E-state index >= 15 is 0 Å². The summed E-state index contributed by atoms with van der Waals surface area (Å²) in [6, 6.07) is 1.51. The zero-order valence-corrected chi connectivity index (χ0v) is 12.5. The van der Waals surface area contributed by atoms with Gasteiger partial charge in [0.25, 0.3) is 0 Å². The van der Waals surface area contributed by atoms with Gasteiger partial charge in [0, 0.05) is 19.6 Å². The van der Waals surface area contributed by atoms with E-state index in [1.54, 1.807) is 0 Å². The molecule has 6 heteroatoms. The Hall–Kier alpha value is -1.20. The van der Waals surface area contributed by atoms with Gasteiger partial charge in [-0.25, -0.2) is 4.39 Å². The first kappa shape index (κ1) is 15.9. The molecule has 1 aromatic carbocycles. The smallest absolute Gasteiger partial charge is 0.169 e. The molecule has 108 valence electrons. The fourth-order valence-corrected chi connectivity index (χ4v) is 2.05. The summed E-state index contributed by atoms with van der Waals surface area (Å²) in [6.45, 7) is 4.24. The molecule has 1 aromatic rings. The molecule has 0 heterocycles. The molecule has 1 rings (SSSR count). The lowest BCUT2D eigenvalue weighted by Gasteiger charge is -2.28. The minimum atomic E-state index is -0.536. The van der Waals surface area contributed by atoms with Gasteiger partial charge in [0.05, 0.1) is 17.1 Å². The van der Waals surface area contributed by atoms with Gasteiger partial charge < -0.3 is 21.3 Å². The Morgan fingerprint density at radius 3 is 2.32 bits per heavy atom. The van der Waals surface area contributed by atoms with E-state index in [2.05, 4.69) is 0 Å². The van der Waals surface area contributed by atoms with Gasteiger partial charge in [-0.05, 0) is 26.6 Å². The van der Waals surface area contributed by atoms with Crippen LogP contribution in [0.3, 0.4) is 0 Å². The van der Waals surface area contributed by atoms with Gasteiger partial charge in [0.1, 0.15) is 5.02 Å². The molecule has 0 aromatic heterocycles. The lowest BCUT2D eigenvalue weighted by molar-refractivity contribution is 0.412. The van der Waals surface area contributed by atoms with Gasteiger partial charge in [0.2, 0.25) is 0 Å². The van der Waals surface area contributed by atoms with Crippen LogP contribution in [0.5, 0.6) is 0 Å². The van der Waals surface area contributed by atoms with Gasteiger partial charge in [0.15, 0.2) is 5.82 Å². The van der Waals surface area contributed by atoms with Crippen molar-refractivity contribution in [3.05, 3.63) is 16.9 Å². The summed E-state index contributed by atoms with van der Waals surface area (Å²) in [7, 11) is 3.94. The molecule has 0 aliphatic carbocycles. The standard InChI is InChI=1S/C13H22ClFN4/c1-4-5-19(7-6-18(2)3)13-10(17)8-9(16)11(14)12(13)15/h8H,4-7,16-17H2,1-3H3. The van der Waals surface area contributed by atoms with Gasteiger partial charge >= 0.3 is 0 Å². The molecule has 0 atom stereocenters. The van der Waals surface area contributed by atoms with E-state index in [1.807, 2.05) is 30.8 Å². The summed E-state index contributed by atoms with van der Waals surface area (Å²) >= 11 is 5.87. The molecule has 0 bridgehead atoms. The first-order valence-electron chi connectivity index (χ1n) is 6.31. The number of hydrogen-bond acceptors (Lipinski definition) is 4. The second kappa shape index (κ2) is 6.82. The van der Waals surface area contributed by atoms with Gasteiger partial charge in [-0.1, -0.05) is 18.5 Å². The number of anilines is 3. The van der Waals surface area contributed by atoms with Crippen LogP contribution in [0.4, 0.5) is 21.5 Å². The molecule has 0 amide bonds. The van der Waals surface area contributed by atoms with Gasteiger partial charge in [-0.15, -0.1) is 0 Å². The molecule has 0 spiro atoms. The van der Waals surface area contributed by atoms with Crippen molar-refractivity contribution in [2.24, 2.45) is 0 Å². The van der Waals surface area contributed by atoms with E-state index in [-0.39, 0.29) is 10.7 Å². The predicted molar refractivity (Wildman–Crippen MR) is 81.3 cm³/mol. The quantitative estimate of drug-likeness (QED) is 0.789. The zero-order valence-electron chi connectivity index (χ0n) is 11.7. The first-order chi connectivity index (χ1) is 8.88. The lowest BCUT2D eigenvalue weighted by atomic mass is 10.2. The number of halogens is 2. The van der Waals surface area contributed by atoms with Crippen molar-refractivity contribution >= 4 is 28.7 Å². The van der Waals surface area contributed by atoms with Crippen molar-refractivity contribution in [1.29, 1.82) is 0 Å². The lowest BCUT2D eigenvalue weighted by Crippen LogP contribution is -2.33. The van der Waals surface area contributed by atoms with E-state index < -0.39 is 5.82 Å². The Kier molecular flexibility index (Phi) is 5.69. The maximum absolute atomic E-state index is 14.3. The largest absolute Gasteiger partial charge is 0.397 e. The van der Waals surface area contributed by atoms with Crippen LogP contribution in [0.15, 0.2) is 6.07 Å². The monoisotopic (exact) mass is 288 g/mol. The Bertz CT molecular complexity index is 437.